The standard InChI is InChI=1S/C16H16Cl2O3S/c1-2-6-16(8-12(19)20)15-9(5-7-21-16)13-10(17)3-4-11(18)14(13)22-15/h3-4H,2,5-8H2,1H3,(H,19,20). The average molecular weight is 359 g/mol. The van der Waals surface area contributed by atoms with E-state index in [2.05, 4.69) is 0 Å². The summed E-state index contributed by atoms with van der Waals surface area (Å²) in [6.07, 6.45) is 2.23. The predicted molar refractivity (Wildman–Crippen MR) is 90.3 cm³/mol. The van der Waals surface area contributed by atoms with E-state index in [0.29, 0.717) is 23.1 Å². The van der Waals surface area contributed by atoms with Gasteiger partial charge in [0.15, 0.2) is 0 Å². The topological polar surface area (TPSA) is 46.5 Å². The molecule has 0 radical (unpaired) electrons. The van der Waals surface area contributed by atoms with E-state index >= 15 is 0 Å². The summed E-state index contributed by atoms with van der Waals surface area (Å²) < 4.78 is 6.92. The van der Waals surface area contributed by atoms with Gasteiger partial charge >= 0.3 is 5.97 Å². The highest BCUT2D eigenvalue weighted by atomic mass is 35.5. The molecule has 0 saturated carbocycles. The number of carboxylic acids is 1. The zero-order valence-corrected chi connectivity index (χ0v) is 14.4. The number of carboxylic acid groups (broad SMARTS) is 1. The molecule has 1 aliphatic heterocycles. The van der Waals surface area contributed by atoms with Crippen molar-refractivity contribution in [3.8, 4) is 0 Å². The fraction of sp³-hybridized carbons (Fsp3) is 0.438. The van der Waals surface area contributed by atoms with E-state index in [1.54, 1.807) is 12.1 Å². The monoisotopic (exact) mass is 358 g/mol. The van der Waals surface area contributed by atoms with Gasteiger partial charge in [0.2, 0.25) is 0 Å². The van der Waals surface area contributed by atoms with E-state index < -0.39 is 11.6 Å². The van der Waals surface area contributed by atoms with Gasteiger partial charge in [-0.3, -0.25) is 4.79 Å². The largest absolute Gasteiger partial charge is 0.481 e. The summed E-state index contributed by atoms with van der Waals surface area (Å²) in [5.74, 6) is -0.851. The number of fused-ring (bicyclic) bond motifs is 3. The zero-order chi connectivity index (χ0) is 15.9. The Morgan fingerprint density at radius 2 is 2.14 bits per heavy atom. The molecule has 1 atom stereocenters. The van der Waals surface area contributed by atoms with Crippen molar-refractivity contribution in [2.24, 2.45) is 0 Å². The van der Waals surface area contributed by atoms with Gasteiger partial charge in [0, 0.05) is 15.3 Å². The molecule has 3 rings (SSSR count). The molecular weight excluding hydrogens is 343 g/mol. The smallest absolute Gasteiger partial charge is 0.306 e. The van der Waals surface area contributed by atoms with Crippen LogP contribution in [0.25, 0.3) is 10.1 Å². The van der Waals surface area contributed by atoms with Crippen molar-refractivity contribution in [2.75, 3.05) is 6.61 Å². The Bertz CT molecular complexity index is 741. The van der Waals surface area contributed by atoms with Crippen molar-refractivity contribution >= 4 is 50.6 Å². The second kappa shape index (κ2) is 6.00. The Balaban J connectivity index is 2.27. The summed E-state index contributed by atoms with van der Waals surface area (Å²) in [5, 5.41) is 11.6. The second-order valence-corrected chi connectivity index (χ2v) is 7.39. The van der Waals surface area contributed by atoms with Crippen LogP contribution < -0.4 is 0 Å². The highest BCUT2D eigenvalue weighted by Crippen LogP contribution is 2.50. The van der Waals surface area contributed by atoms with Gasteiger partial charge in [-0.2, -0.15) is 0 Å². The van der Waals surface area contributed by atoms with Crippen molar-refractivity contribution in [2.45, 2.75) is 38.2 Å². The zero-order valence-electron chi connectivity index (χ0n) is 12.1. The molecule has 22 heavy (non-hydrogen) atoms. The Kier molecular flexibility index (Phi) is 4.38. The van der Waals surface area contributed by atoms with Crippen LogP contribution in [-0.4, -0.2) is 17.7 Å². The summed E-state index contributed by atoms with van der Waals surface area (Å²) >= 11 is 14.2. The number of thiophene rings is 1. The molecule has 6 heteroatoms. The minimum atomic E-state index is -0.851. The number of benzene rings is 1. The Hall–Kier alpha value is -0.810. The van der Waals surface area contributed by atoms with E-state index in [1.165, 1.54) is 11.3 Å². The predicted octanol–water partition coefficient (Wildman–Crippen LogP) is 5.25. The van der Waals surface area contributed by atoms with Crippen LogP contribution in [-0.2, 0) is 21.6 Å². The molecule has 1 aliphatic rings. The Morgan fingerprint density at radius 3 is 2.82 bits per heavy atom. The molecule has 0 aliphatic carbocycles. The second-order valence-electron chi connectivity index (χ2n) is 5.56. The minimum absolute atomic E-state index is 0.0318. The number of hydrogen-bond donors (Lipinski definition) is 1. The third-order valence-corrected chi connectivity index (χ3v) is 6.27. The van der Waals surface area contributed by atoms with Crippen LogP contribution in [0.3, 0.4) is 0 Å². The summed E-state index contributed by atoms with van der Waals surface area (Å²) in [6.45, 7) is 2.55. The van der Waals surface area contributed by atoms with E-state index in [4.69, 9.17) is 27.9 Å². The fourth-order valence-electron chi connectivity index (χ4n) is 3.27. The Labute approximate surface area is 142 Å². The van der Waals surface area contributed by atoms with Crippen LogP contribution >= 0.6 is 34.5 Å². The number of halogens is 2. The van der Waals surface area contributed by atoms with Gasteiger partial charge < -0.3 is 9.84 Å². The van der Waals surface area contributed by atoms with E-state index in [9.17, 15) is 9.90 Å². The molecule has 3 nitrogen and oxygen atoms in total. The molecule has 1 aromatic heterocycles. The number of rotatable bonds is 4. The minimum Gasteiger partial charge on any atom is -0.481 e. The van der Waals surface area contributed by atoms with Crippen LogP contribution in [0, 0.1) is 0 Å². The third-order valence-electron chi connectivity index (χ3n) is 4.07. The third kappa shape index (κ3) is 2.52. The summed E-state index contributed by atoms with van der Waals surface area (Å²) in [7, 11) is 0. The van der Waals surface area contributed by atoms with Crippen LogP contribution in [0.5, 0.6) is 0 Å². The molecule has 0 fully saturated rings. The molecule has 0 bridgehead atoms. The molecule has 2 heterocycles. The first-order valence-electron chi connectivity index (χ1n) is 7.24. The van der Waals surface area contributed by atoms with Crippen molar-refractivity contribution in [1.82, 2.24) is 0 Å². The number of carbonyl (C=O) groups is 1. The summed E-state index contributed by atoms with van der Waals surface area (Å²) in [5.41, 5.74) is 0.346. The van der Waals surface area contributed by atoms with Gasteiger partial charge in [0.25, 0.3) is 0 Å². The lowest BCUT2D eigenvalue weighted by atomic mass is 9.86. The van der Waals surface area contributed by atoms with Crippen LogP contribution in [0.2, 0.25) is 10.0 Å². The van der Waals surface area contributed by atoms with Crippen molar-refractivity contribution in [1.29, 1.82) is 0 Å². The van der Waals surface area contributed by atoms with Gasteiger partial charge in [-0.1, -0.05) is 36.5 Å². The number of aliphatic carboxylic acids is 1. The number of ether oxygens (including phenoxy) is 1. The molecule has 1 aromatic carbocycles. The molecule has 1 unspecified atom stereocenters. The summed E-state index contributed by atoms with van der Waals surface area (Å²) in [4.78, 5) is 12.4. The molecule has 0 amide bonds. The maximum Gasteiger partial charge on any atom is 0.306 e. The average Bonchev–Trinajstić information content (AvgIpc) is 2.85. The van der Waals surface area contributed by atoms with Gasteiger partial charge in [-0.05, 0) is 30.5 Å². The maximum atomic E-state index is 11.4. The molecule has 1 N–H and O–H groups in total. The van der Waals surface area contributed by atoms with Gasteiger partial charge in [-0.15, -0.1) is 11.3 Å². The van der Waals surface area contributed by atoms with Crippen LogP contribution in [0.4, 0.5) is 0 Å². The highest BCUT2D eigenvalue weighted by Gasteiger charge is 2.42. The molecule has 2 aromatic rings. The van der Waals surface area contributed by atoms with Crippen molar-refractivity contribution < 1.29 is 14.6 Å². The lowest BCUT2D eigenvalue weighted by Crippen LogP contribution is -2.36. The first-order valence-corrected chi connectivity index (χ1v) is 8.81. The SMILES string of the molecule is CCCC1(CC(=O)O)OCCc2c1sc1c(Cl)ccc(Cl)c21. The molecule has 0 saturated heterocycles. The lowest BCUT2D eigenvalue weighted by Gasteiger charge is -2.36. The van der Waals surface area contributed by atoms with Crippen LogP contribution in [0.1, 0.15) is 36.6 Å². The fourth-order valence-corrected chi connectivity index (χ4v) is 5.32. The van der Waals surface area contributed by atoms with E-state index in [1.807, 2.05) is 6.92 Å². The van der Waals surface area contributed by atoms with E-state index in [-0.39, 0.29) is 6.42 Å². The maximum absolute atomic E-state index is 11.4. The molecular formula is C16H16Cl2O3S. The molecule has 0 spiro atoms. The summed E-state index contributed by atoms with van der Waals surface area (Å²) in [6, 6.07) is 3.58. The Morgan fingerprint density at radius 1 is 1.41 bits per heavy atom. The quantitative estimate of drug-likeness (QED) is 0.811. The first kappa shape index (κ1) is 16.1. The highest BCUT2D eigenvalue weighted by molar-refractivity contribution is 7.20. The van der Waals surface area contributed by atoms with Crippen LogP contribution in [0.15, 0.2) is 12.1 Å². The molecule has 118 valence electrons. The number of hydrogen-bond acceptors (Lipinski definition) is 3. The van der Waals surface area contributed by atoms with Gasteiger partial charge in [0.1, 0.15) is 5.60 Å². The van der Waals surface area contributed by atoms with Gasteiger partial charge in [-0.25, -0.2) is 0 Å². The van der Waals surface area contributed by atoms with Gasteiger partial charge in [0.05, 0.1) is 22.8 Å². The normalized spacial score (nSPS) is 21.0. The van der Waals surface area contributed by atoms with E-state index in [0.717, 1.165) is 33.4 Å². The lowest BCUT2D eigenvalue weighted by molar-refractivity contribution is -0.148. The van der Waals surface area contributed by atoms with Crippen molar-refractivity contribution in [3.63, 3.8) is 0 Å². The van der Waals surface area contributed by atoms with Crippen molar-refractivity contribution in [3.05, 3.63) is 32.6 Å². The first-order chi connectivity index (χ1) is 10.5.